The summed E-state index contributed by atoms with van der Waals surface area (Å²) in [7, 11) is 0. The Hall–Kier alpha value is -2.03. The first-order chi connectivity index (χ1) is 7.69. The molecule has 1 N–H and O–H groups in total. The van der Waals surface area contributed by atoms with E-state index in [9.17, 15) is 9.90 Å². The molecule has 0 aromatic heterocycles. The van der Waals surface area contributed by atoms with Gasteiger partial charge in [-0.15, -0.1) is 0 Å². The Morgan fingerprint density at radius 1 is 1.44 bits per heavy atom. The number of carbonyl (C=O) groups is 1. The highest BCUT2D eigenvalue weighted by atomic mass is 16.5. The molecule has 3 heteroatoms. The van der Waals surface area contributed by atoms with Gasteiger partial charge in [0.15, 0.2) is 0 Å². The molecule has 0 fully saturated rings. The van der Waals surface area contributed by atoms with E-state index in [1.165, 1.54) is 6.08 Å². The zero-order chi connectivity index (χ0) is 12.0. The van der Waals surface area contributed by atoms with Crippen LogP contribution in [0.15, 0.2) is 36.6 Å². The molecule has 1 rings (SSSR count). The van der Waals surface area contributed by atoms with E-state index in [4.69, 9.17) is 0 Å². The SMILES string of the molecule is C=Cc1ccccc1/C=C(\O)C(=O)OCC. The minimum atomic E-state index is -0.721. The molecule has 0 amide bonds. The molecule has 0 radical (unpaired) electrons. The molecule has 0 saturated heterocycles. The van der Waals surface area contributed by atoms with Gasteiger partial charge in [0.1, 0.15) is 0 Å². The molecule has 16 heavy (non-hydrogen) atoms. The van der Waals surface area contributed by atoms with Crippen LogP contribution in [0.25, 0.3) is 12.2 Å². The van der Waals surface area contributed by atoms with Crippen LogP contribution in [0.5, 0.6) is 0 Å². The Balaban J connectivity index is 2.97. The second-order valence-electron chi connectivity index (χ2n) is 3.08. The van der Waals surface area contributed by atoms with E-state index in [1.54, 1.807) is 19.1 Å². The van der Waals surface area contributed by atoms with Crippen molar-refractivity contribution in [3.8, 4) is 0 Å². The van der Waals surface area contributed by atoms with E-state index in [0.29, 0.717) is 0 Å². The van der Waals surface area contributed by atoms with Crippen molar-refractivity contribution in [3.05, 3.63) is 47.7 Å². The van der Waals surface area contributed by atoms with Crippen molar-refractivity contribution in [2.24, 2.45) is 0 Å². The van der Waals surface area contributed by atoms with Gasteiger partial charge in [-0.1, -0.05) is 36.9 Å². The van der Waals surface area contributed by atoms with Crippen molar-refractivity contribution in [1.82, 2.24) is 0 Å². The molecule has 0 atom stereocenters. The minimum absolute atomic E-state index is 0.236. The highest BCUT2D eigenvalue weighted by Crippen LogP contribution is 2.13. The molecule has 0 unspecified atom stereocenters. The Labute approximate surface area is 94.7 Å². The maximum absolute atomic E-state index is 11.2. The fourth-order valence-electron chi connectivity index (χ4n) is 1.24. The van der Waals surface area contributed by atoms with E-state index in [1.807, 2.05) is 18.2 Å². The summed E-state index contributed by atoms with van der Waals surface area (Å²) in [6.45, 7) is 5.57. The maximum Gasteiger partial charge on any atom is 0.373 e. The highest BCUT2D eigenvalue weighted by molar-refractivity contribution is 5.91. The van der Waals surface area contributed by atoms with Gasteiger partial charge in [0.05, 0.1) is 6.61 Å². The van der Waals surface area contributed by atoms with Crippen LogP contribution in [0.2, 0.25) is 0 Å². The van der Waals surface area contributed by atoms with E-state index in [0.717, 1.165) is 11.1 Å². The molecule has 84 valence electrons. The second-order valence-corrected chi connectivity index (χ2v) is 3.08. The topological polar surface area (TPSA) is 46.5 Å². The number of aliphatic hydroxyl groups is 1. The fraction of sp³-hybridized carbons (Fsp3) is 0.154. The normalized spacial score (nSPS) is 10.9. The zero-order valence-electron chi connectivity index (χ0n) is 9.14. The lowest BCUT2D eigenvalue weighted by Crippen LogP contribution is -2.06. The van der Waals surface area contributed by atoms with Gasteiger partial charge in [0.25, 0.3) is 0 Å². The molecule has 0 spiro atoms. The predicted octanol–water partition coefficient (Wildman–Crippen LogP) is 2.79. The first-order valence-corrected chi connectivity index (χ1v) is 4.98. The first kappa shape index (κ1) is 12.0. The summed E-state index contributed by atoms with van der Waals surface area (Å²) < 4.78 is 4.67. The van der Waals surface area contributed by atoms with E-state index in [-0.39, 0.29) is 6.61 Å². The molecular formula is C13H14O3. The standard InChI is InChI=1S/C13H14O3/c1-3-10-7-5-6-8-11(10)9-12(14)13(15)16-4-2/h3,5-9,14H,1,4H2,2H3/b12-9-. The van der Waals surface area contributed by atoms with Gasteiger partial charge in [0.2, 0.25) is 5.76 Å². The summed E-state index contributed by atoms with van der Waals surface area (Å²) >= 11 is 0. The third kappa shape index (κ3) is 2.98. The molecule has 0 bridgehead atoms. The number of esters is 1. The van der Waals surface area contributed by atoms with Crippen molar-refractivity contribution in [1.29, 1.82) is 0 Å². The van der Waals surface area contributed by atoms with Crippen molar-refractivity contribution in [2.45, 2.75) is 6.92 Å². The lowest BCUT2D eigenvalue weighted by Gasteiger charge is -2.02. The fourth-order valence-corrected chi connectivity index (χ4v) is 1.24. The van der Waals surface area contributed by atoms with Crippen LogP contribution in [0.3, 0.4) is 0 Å². The summed E-state index contributed by atoms with van der Waals surface area (Å²) in [4.78, 5) is 11.2. The summed E-state index contributed by atoms with van der Waals surface area (Å²) in [6.07, 6.45) is 3.03. The van der Waals surface area contributed by atoms with E-state index < -0.39 is 11.7 Å². The number of benzene rings is 1. The van der Waals surface area contributed by atoms with Crippen LogP contribution < -0.4 is 0 Å². The molecule has 1 aromatic rings. The second kappa shape index (κ2) is 5.75. The first-order valence-electron chi connectivity index (χ1n) is 4.98. The Bertz CT molecular complexity index is 419. The Kier molecular flexibility index (Phi) is 4.33. The molecular weight excluding hydrogens is 204 g/mol. The van der Waals surface area contributed by atoms with Crippen LogP contribution >= 0.6 is 0 Å². The van der Waals surface area contributed by atoms with Gasteiger partial charge in [0, 0.05) is 0 Å². The van der Waals surface area contributed by atoms with Crippen molar-refractivity contribution < 1.29 is 14.6 Å². The molecule has 0 heterocycles. The third-order valence-corrected chi connectivity index (χ3v) is 1.99. The van der Waals surface area contributed by atoms with Crippen LogP contribution in [0, 0.1) is 0 Å². The average Bonchev–Trinajstić information content (AvgIpc) is 2.30. The van der Waals surface area contributed by atoms with Crippen LogP contribution in [-0.2, 0) is 9.53 Å². The van der Waals surface area contributed by atoms with Gasteiger partial charge in [-0.05, 0) is 24.1 Å². The van der Waals surface area contributed by atoms with E-state index >= 15 is 0 Å². The molecule has 0 saturated carbocycles. The van der Waals surface area contributed by atoms with Crippen LogP contribution in [0.1, 0.15) is 18.1 Å². The van der Waals surface area contributed by atoms with Crippen LogP contribution in [0.4, 0.5) is 0 Å². The van der Waals surface area contributed by atoms with E-state index in [2.05, 4.69) is 11.3 Å². The number of hydrogen-bond donors (Lipinski definition) is 1. The van der Waals surface area contributed by atoms with Crippen LogP contribution in [-0.4, -0.2) is 17.7 Å². The maximum atomic E-state index is 11.2. The van der Waals surface area contributed by atoms with Gasteiger partial charge < -0.3 is 9.84 Å². The number of ether oxygens (including phenoxy) is 1. The molecule has 3 nitrogen and oxygen atoms in total. The number of rotatable bonds is 4. The summed E-state index contributed by atoms with van der Waals surface area (Å²) in [5, 5.41) is 9.47. The Morgan fingerprint density at radius 2 is 2.06 bits per heavy atom. The number of carbonyl (C=O) groups excluding carboxylic acids is 1. The molecule has 0 aliphatic rings. The summed E-state index contributed by atoms with van der Waals surface area (Å²) in [5.74, 6) is -1.13. The molecule has 0 aliphatic carbocycles. The van der Waals surface area contributed by atoms with Gasteiger partial charge in [-0.2, -0.15) is 0 Å². The van der Waals surface area contributed by atoms with Gasteiger partial charge in [-0.3, -0.25) is 0 Å². The molecule has 0 aliphatic heterocycles. The van der Waals surface area contributed by atoms with Crippen molar-refractivity contribution in [2.75, 3.05) is 6.61 Å². The summed E-state index contributed by atoms with van der Waals surface area (Å²) in [6, 6.07) is 7.30. The summed E-state index contributed by atoms with van der Waals surface area (Å²) in [5.41, 5.74) is 1.57. The average molecular weight is 218 g/mol. The zero-order valence-corrected chi connectivity index (χ0v) is 9.14. The lowest BCUT2D eigenvalue weighted by molar-refractivity contribution is -0.141. The third-order valence-electron chi connectivity index (χ3n) is 1.99. The Morgan fingerprint density at radius 3 is 2.62 bits per heavy atom. The quantitative estimate of drug-likeness (QED) is 0.480. The monoisotopic (exact) mass is 218 g/mol. The number of hydrogen-bond acceptors (Lipinski definition) is 3. The van der Waals surface area contributed by atoms with Crippen molar-refractivity contribution in [3.63, 3.8) is 0 Å². The molecule has 1 aromatic carbocycles. The minimum Gasteiger partial charge on any atom is -0.502 e. The van der Waals surface area contributed by atoms with Gasteiger partial charge >= 0.3 is 5.97 Å². The predicted molar refractivity (Wildman–Crippen MR) is 63.8 cm³/mol. The smallest absolute Gasteiger partial charge is 0.373 e. The number of aliphatic hydroxyl groups excluding tert-OH is 1. The van der Waals surface area contributed by atoms with Crippen molar-refractivity contribution >= 4 is 18.1 Å². The largest absolute Gasteiger partial charge is 0.502 e. The van der Waals surface area contributed by atoms with Gasteiger partial charge in [-0.25, -0.2) is 4.79 Å². The lowest BCUT2D eigenvalue weighted by atomic mass is 10.1. The highest BCUT2D eigenvalue weighted by Gasteiger charge is 2.08.